The van der Waals surface area contributed by atoms with Gasteiger partial charge in [0.05, 0.1) is 24.2 Å². The van der Waals surface area contributed by atoms with Crippen LogP contribution in [0.4, 0.5) is 24.7 Å². The third kappa shape index (κ3) is 5.97. The molecule has 34 heavy (non-hydrogen) atoms. The van der Waals surface area contributed by atoms with Crippen molar-refractivity contribution in [2.45, 2.75) is 32.2 Å². The van der Waals surface area contributed by atoms with Crippen molar-refractivity contribution >= 4 is 28.8 Å². The Labute approximate surface area is 192 Å². The number of aliphatic imine (C=N–C) groups is 1. The highest BCUT2D eigenvalue weighted by Gasteiger charge is 2.37. The molecule has 0 aliphatic heterocycles. The molecule has 3 rings (SSSR count). The van der Waals surface area contributed by atoms with Crippen LogP contribution in [0.25, 0.3) is 5.70 Å². The smallest absolute Gasteiger partial charge is 0.324 e. The lowest BCUT2D eigenvalue weighted by molar-refractivity contribution is -0.140. The summed E-state index contributed by atoms with van der Waals surface area (Å²) in [6.07, 6.45) is 3.31. The molecule has 0 saturated carbocycles. The van der Waals surface area contributed by atoms with Gasteiger partial charge in [-0.1, -0.05) is 30.3 Å². The fourth-order valence-electron chi connectivity index (χ4n) is 2.83. The van der Waals surface area contributed by atoms with Gasteiger partial charge in [-0.15, -0.1) is 0 Å². The highest BCUT2D eigenvalue weighted by molar-refractivity contribution is 6.10. The van der Waals surface area contributed by atoms with Crippen molar-refractivity contribution in [3.05, 3.63) is 71.8 Å². The first kappa shape index (κ1) is 24.4. The summed E-state index contributed by atoms with van der Waals surface area (Å²) in [5.74, 6) is -5.78. The maximum absolute atomic E-state index is 13.9. The number of nitrogens with one attached hydrogen (secondary N) is 1. The molecule has 9 nitrogen and oxygen atoms in total. The van der Waals surface area contributed by atoms with Gasteiger partial charge >= 0.3 is 5.92 Å². The Hall–Kier alpha value is -4.22. The summed E-state index contributed by atoms with van der Waals surface area (Å²) in [5, 5.41) is 5.84. The minimum Gasteiger partial charge on any atom is -0.396 e. The van der Waals surface area contributed by atoms with E-state index >= 15 is 0 Å². The number of rotatable bonds is 9. The van der Waals surface area contributed by atoms with Gasteiger partial charge in [-0.2, -0.15) is 8.78 Å². The van der Waals surface area contributed by atoms with E-state index in [-0.39, 0.29) is 41.7 Å². The van der Waals surface area contributed by atoms with Crippen molar-refractivity contribution in [1.82, 2.24) is 15.1 Å². The highest BCUT2D eigenvalue weighted by Crippen LogP contribution is 2.24. The number of nitrogen functional groups attached to an aromatic ring is 1. The van der Waals surface area contributed by atoms with Crippen molar-refractivity contribution < 1.29 is 22.5 Å². The SMILES string of the molecule is CCCC(F)(F)C(=O)Nc1cnc(C(N)=CC(=NCc2ccccc2F)c2ccon2)nc1N. The van der Waals surface area contributed by atoms with Gasteiger partial charge in [-0.3, -0.25) is 9.79 Å². The maximum atomic E-state index is 13.9. The quantitative estimate of drug-likeness (QED) is 0.403. The van der Waals surface area contributed by atoms with Gasteiger partial charge in [0.25, 0.3) is 5.91 Å². The lowest BCUT2D eigenvalue weighted by Gasteiger charge is -2.15. The molecule has 2 heterocycles. The van der Waals surface area contributed by atoms with E-state index in [1.165, 1.54) is 31.4 Å². The number of allylic oxidation sites excluding steroid dienone is 1. The molecular formula is C22H22F3N7O2. The average molecular weight is 473 g/mol. The summed E-state index contributed by atoms with van der Waals surface area (Å²) in [7, 11) is 0. The zero-order valence-corrected chi connectivity index (χ0v) is 18.1. The zero-order chi connectivity index (χ0) is 24.7. The van der Waals surface area contributed by atoms with Crippen LogP contribution in [0.2, 0.25) is 0 Å². The van der Waals surface area contributed by atoms with E-state index in [0.29, 0.717) is 11.3 Å². The van der Waals surface area contributed by atoms with Crippen LogP contribution in [-0.2, 0) is 11.3 Å². The Morgan fingerprint density at radius 2 is 2.06 bits per heavy atom. The number of carbonyl (C=O) groups is 1. The summed E-state index contributed by atoms with van der Waals surface area (Å²) < 4.78 is 46.3. The lowest BCUT2D eigenvalue weighted by Crippen LogP contribution is -2.34. The second kappa shape index (κ2) is 10.6. The van der Waals surface area contributed by atoms with Crippen LogP contribution in [-0.4, -0.2) is 32.7 Å². The molecule has 12 heteroatoms. The van der Waals surface area contributed by atoms with E-state index < -0.39 is 24.1 Å². The molecule has 0 bridgehead atoms. The lowest BCUT2D eigenvalue weighted by atomic mass is 10.2. The number of hydrogen-bond acceptors (Lipinski definition) is 8. The van der Waals surface area contributed by atoms with Crippen LogP contribution in [0.15, 0.2) is 58.4 Å². The molecule has 2 aromatic heterocycles. The molecule has 0 radical (unpaired) electrons. The zero-order valence-electron chi connectivity index (χ0n) is 18.1. The number of halogens is 3. The predicted molar refractivity (Wildman–Crippen MR) is 120 cm³/mol. The van der Waals surface area contributed by atoms with E-state index in [0.717, 1.165) is 6.20 Å². The van der Waals surface area contributed by atoms with E-state index in [9.17, 15) is 18.0 Å². The van der Waals surface area contributed by atoms with Gasteiger partial charge < -0.3 is 21.3 Å². The Morgan fingerprint density at radius 3 is 2.71 bits per heavy atom. The first-order valence-corrected chi connectivity index (χ1v) is 10.2. The molecule has 0 fully saturated rings. The number of alkyl halides is 2. The average Bonchev–Trinajstić information content (AvgIpc) is 3.33. The molecule has 1 aromatic carbocycles. The molecular weight excluding hydrogens is 451 g/mol. The van der Waals surface area contributed by atoms with Gasteiger partial charge in [-0.25, -0.2) is 14.4 Å². The largest absolute Gasteiger partial charge is 0.396 e. The van der Waals surface area contributed by atoms with Gasteiger partial charge in [0, 0.05) is 18.1 Å². The van der Waals surface area contributed by atoms with Crippen molar-refractivity contribution in [2.24, 2.45) is 10.7 Å². The van der Waals surface area contributed by atoms with Crippen LogP contribution < -0.4 is 16.8 Å². The van der Waals surface area contributed by atoms with E-state index in [2.05, 4.69) is 20.1 Å². The Morgan fingerprint density at radius 1 is 1.29 bits per heavy atom. The van der Waals surface area contributed by atoms with Crippen LogP contribution in [0, 0.1) is 5.82 Å². The van der Waals surface area contributed by atoms with Crippen molar-refractivity contribution in [1.29, 1.82) is 0 Å². The molecule has 0 saturated heterocycles. The fourth-order valence-corrected chi connectivity index (χ4v) is 2.83. The highest BCUT2D eigenvalue weighted by atomic mass is 19.3. The van der Waals surface area contributed by atoms with Crippen molar-refractivity contribution in [2.75, 3.05) is 11.1 Å². The van der Waals surface area contributed by atoms with E-state index in [1.54, 1.807) is 18.2 Å². The summed E-state index contributed by atoms with van der Waals surface area (Å²) in [5.41, 5.74) is 12.7. The molecule has 0 aliphatic rings. The number of benzene rings is 1. The van der Waals surface area contributed by atoms with Crippen LogP contribution in [0.1, 0.15) is 36.8 Å². The topological polar surface area (TPSA) is 145 Å². The van der Waals surface area contributed by atoms with Crippen LogP contribution in [0.3, 0.4) is 0 Å². The molecule has 0 atom stereocenters. The molecule has 0 unspecified atom stereocenters. The molecule has 3 aromatic rings. The number of anilines is 2. The standard InChI is InChI=1S/C22H22F3N7O2/c1-2-8-22(24,25)21(33)30-18-12-29-20(31-19(18)27)15(26)10-17(16-7-9-34-32-16)28-11-13-5-3-4-6-14(13)23/h3-7,9-10,12H,2,8,11,26H2,1H3,(H,30,33)(H2,27,29,31). The van der Waals surface area contributed by atoms with Crippen molar-refractivity contribution in [3.63, 3.8) is 0 Å². The Bertz CT molecular complexity index is 1210. The summed E-state index contributed by atoms with van der Waals surface area (Å²) in [4.78, 5) is 24.1. The van der Waals surface area contributed by atoms with Gasteiger partial charge in [0.1, 0.15) is 23.5 Å². The number of hydrogen-bond donors (Lipinski definition) is 3. The van der Waals surface area contributed by atoms with E-state index in [1.807, 2.05) is 5.32 Å². The minimum atomic E-state index is -3.56. The summed E-state index contributed by atoms with van der Waals surface area (Å²) in [6, 6.07) is 7.70. The maximum Gasteiger partial charge on any atom is 0.324 e. The summed E-state index contributed by atoms with van der Waals surface area (Å²) >= 11 is 0. The third-order valence-corrected chi connectivity index (χ3v) is 4.59. The van der Waals surface area contributed by atoms with Gasteiger partial charge in [0.15, 0.2) is 11.6 Å². The monoisotopic (exact) mass is 473 g/mol. The minimum absolute atomic E-state index is 0.00141. The number of nitrogens with two attached hydrogens (primary N) is 2. The predicted octanol–water partition coefficient (Wildman–Crippen LogP) is 3.55. The Balaban J connectivity index is 1.85. The first-order chi connectivity index (χ1) is 16.2. The normalized spacial score (nSPS) is 12.6. The molecule has 5 N–H and O–H groups in total. The van der Waals surface area contributed by atoms with Crippen LogP contribution >= 0.6 is 0 Å². The third-order valence-electron chi connectivity index (χ3n) is 4.59. The number of amides is 1. The first-order valence-electron chi connectivity index (χ1n) is 10.2. The summed E-state index contributed by atoms with van der Waals surface area (Å²) in [6.45, 7) is 1.54. The van der Waals surface area contributed by atoms with Gasteiger partial charge in [0.2, 0.25) is 0 Å². The van der Waals surface area contributed by atoms with Gasteiger partial charge in [-0.05, 0) is 18.6 Å². The second-order valence-corrected chi connectivity index (χ2v) is 7.18. The van der Waals surface area contributed by atoms with Crippen LogP contribution in [0.5, 0.6) is 0 Å². The number of aromatic nitrogens is 3. The fraction of sp³-hybridized carbons (Fsp3) is 0.227. The Kier molecular flexibility index (Phi) is 7.61. The van der Waals surface area contributed by atoms with Crippen molar-refractivity contribution in [3.8, 4) is 0 Å². The second-order valence-electron chi connectivity index (χ2n) is 7.18. The molecule has 178 valence electrons. The number of carbonyl (C=O) groups excluding carboxylic acids is 1. The number of nitrogens with zero attached hydrogens (tertiary/aromatic N) is 4. The van der Waals surface area contributed by atoms with E-state index in [4.69, 9.17) is 16.0 Å². The molecule has 0 spiro atoms. The molecule has 1 amide bonds. The molecule has 0 aliphatic carbocycles.